The fourth-order valence-electron chi connectivity index (χ4n) is 4.78. The average Bonchev–Trinajstić information content (AvgIpc) is 2.47. The minimum atomic E-state index is 0.370. The van der Waals surface area contributed by atoms with Crippen LogP contribution >= 0.6 is 0 Å². The molecule has 21 heavy (non-hydrogen) atoms. The summed E-state index contributed by atoms with van der Waals surface area (Å²) in [6.07, 6.45) is 14.0. The van der Waals surface area contributed by atoms with E-state index >= 15 is 0 Å². The second kappa shape index (κ2) is 6.08. The molecule has 0 radical (unpaired) electrons. The largest absolute Gasteiger partial charge is 0.316 e. The Bertz CT molecular complexity index is 438. The highest BCUT2D eigenvalue weighted by molar-refractivity contribution is 5.30. The molecule has 0 saturated heterocycles. The predicted molar refractivity (Wildman–Crippen MR) is 88.4 cm³/mol. The third kappa shape index (κ3) is 3.15. The Hall–Kier alpha value is -0.890. The third-order valence-corrected chi connectivity index (χ3v) is 5.65. The Balaban J connectivity index is 1.71. The monoisotopic (exact) mass is 286 g/mol. The number of nitrogens with zero attached hydrogens (tertiary/aromatic N) is 1. The topological polar surface area (TPSA) is 24.9 Å². The standard InChI is InChI=1S/C19H30N2/c1-16(2)12-21-15-19(17-6-10-20-11-7-17)13-18(14-19)8-4-3-5-9-18/h6-7,10-11,16,21H,3-5,8-9,12-15H2,1-2H3. The van der Waals surface area contributed by atoms with Crippen LogP contribution in [0.4, 0.5) is 0 Å². The maximum atomic E-state index is 4.21. The average molecular weight is 286 g/mol. The van der Waals surface area contributed by atoms with Gasteiger partial charge in [0, 0.05) is 24.4 Å². The first-order chi connectivity index (χ1) is 10.1. The summed E-state index contributed by atoms with van der Waals surface area (Å²) in [5, 5.41) is 3.73. The van der Waals surface area contributed by atoms with Crippen molar-refractivity contribution < 1.29 is 0 Å². The highest BCUT2D eigenvalue weighted by Gasteiger charge is 2.54. The maximum Gasteiger partial charge on any atom is 0.0270 e. The maximum absolute atomic E-state index is 4.21. The highest BCUT2D eigenvalue weighted by Crippen LogP contribution is 2.61. The summed E-state index contributed by atoms with van der Waals surface area (Å²) in [5.41, 5.74) is 2.54. The lowest BCUT2D eigenvalue weighted by molar-refractivity contribution is -0.0130. The molecule has 2 aliphatic rings. The van der Waals surface area contributed by atoms with E-state index in [1.165, 1.54) is 50.5 Å². The molecule has 0 aliphatic heterocycles. The smallest absolute Gasteiger partial charge is 0.0270 e. The van der Waals surface area contributed by atoms with E-state index in [4.69, 9.17) is 0 Å². The van der Waals surface area contributed by atoms with E-state index in [-0.39, 0.29) is 0 Å². The zero-order chi connectivity index (χ0) is 14.8. The molecule has 2 fully saturated rings. The Kier molecular flexibility index (Phi) is 4.35. The SMILES string of the molecule is CC(C)CNCC1(c2ccncc2)CC2(CCCCC2)C1. The lowest BCUT2D eigenvalue weighted by atomic mass is 9.46. The summed E-state index contributed by atoms with van der Waals surface area (Å²) >= 11 is 0. The molecule has 1 N–H and O–H groups in total. The molecule has 1 heterocycles. The predicted octanol–water partition coefficient (Wildman–Crippen LogP) is 4.31. The number of nitrogens with one attached hydrogen (secondary N) is 1. The van der Waals surface area contributed by atoms with Crippen molar-refractivity contribution in [2.24, 2.45) is 11.3 Å². The van der Waals surface area contributed by atoms with Gasteiger partial charge in [0.25, 0.3) is 0 Å². The Morgan fingerprint density at radius 3 is 2.38 bits per heavy atom. The van der Waals surface area contributed by atoms with Crippen molar-refractivity contribution in [3.63, 3.8) is 0 Å². The van der Waals surface area contributed by atoms with Crippen molar-refractivity contribution in [2.75, 3.05) is 13.1 Å². The van der Waals surface area contributed by atoms with Crippen LogP contribution in [0.15, 0.2) is 24.5 Å². The molecule has 1 aromatic heterocycles. The second-order valence-corrected chi connectivity index (χ2v) is 7.96. The fourth-order valence-corrected chi connectivity index (χ4v) is 4.78. The number of hydrogen-bond donors (Lipinski definition) is 1. The van der Waals surface area contributed by atoms with Crippen LogP contribution in [0.1, 0.15) is 64.4 Å². The van der Waals surface area contributed by atoms with Crippen LogP contribution in [-0.4, -0.2) is 18.1 Å². The van der Waals surface area contributed by atoms with Crippen LogP contribution in [0, 0.1) is 11.3 Å². The molecule has 3 rings (SSSR count). The van der Waals surface area contributed by atoms with Gasteiger partial charge in [-0.2, -0.15) is 0 Å². The Morgan fingerprint density at radius 2 is 1.76 bits per heavy atom. The summed E-state index contributed by atoms with van der Waals surface area (Å²) < 4.78 is 0. The van der Waals surface area contributed by atoms with Gasteiger partial charge in [-0.05, 0) is 61.3 Å². The van der Waals surface area contributed by atoms with Gasteiger partial charge < -0.3 is 5.32 Å². The first-order valence-electron chi connectivity index (χ1n) is 8.76. The van der Waals surface area contributed by atoms with Gasteiger partial charge in [-0.1, -0.05) is 33.1 Å². The van der Waals surface area contributed by atoms with Crippen molar-refractivity contribution in [1.29, 1.82) is 0 Å². The van der Waals surface area contributed by atoms with Gasteiger partial charge in [0.15, 0.2) is 0 Å². The molecule has 0 unspecified atom stereocenters. The minimum Gasteiger partial charge on any atom is -0.316 e. The van der Waals surface area contributed by atoms with Crippen LogP contribution in [0.3, 0.4) is 0 Å². The van der Waals surface area contributed by atoms with Gasteiger partial charge in [-0.3, -0.25) is 4.98 Å². The van der Waals surface area contributed by atoms with Gasteiger partial charge in [0.05, 0.1) is 0 Å². The zero-order valence-electron chi connectivity index (χ0n) is 13.7. The van der Waals surface area contributed by atoms with Crippen LogP contribution in [-0.2, 0) is 5.41 Å². The molecular weight excluding hydrogens is 256 g/mol. The molecule has 116 valence electrons. The van der Waals surface area contributed by atoms with Crippen molar-refractivity contribution in [3.8, 4) is 0 Å². The van der Waals surface area contributed by atoms with Crippen LogP contribution in [0.5, 0.6) is 0 Å². The molecule has 2 nitrogen and oxygen atoms in total. The van der Waals surface area contributed by atoms with E-state index in [1.54, 1.807) is 0 Å². The van der Waals surface area contributed by atoms with Gasteiger partial charge in [-0.15, -0.1) is 0 Å². The van der Waals surface area contributed by atoms with Crippen molar-refractivity contribution in [2.45, 2.75) is 64.2 Å². The third-order valence-electron chi connectivity index (χ3n) is 5.65. The van der Waals surface area contributed by atoms with E-state index in [2.05, 4.69) is 36.3 Å². The van der Waals surface area contributed by atoms with E-state index in [1.807, 2.05) is 12.4 Å². The summed E-state index contributed by atoms with van der Waals surface area (Å²) in [5.74, 6) is 0.725. The van der Waals surface area contributed by atoms with E-state index in [0.717, 1.165) is 19.0 Å². The van der Waals surface area contributed by atoms with Gasteiger partial charge in [0.2, 0.25) is 0 Å². The van der Waals surface area contributed by atoms with Gasteiger partial charge in [0.1, 0.15) is 0 Å². The molecule has 1 aromatic rings. The lowest BCUT2D eigenvalue weighted by Crippen LogP contribution is -2.55. The van der Waals surface area contributed by atoms with E-state index in [0.29, 0.717) is 10.8 Å². The zero-order valence-corrected chi connectivity index (χ0v) is 13.7. The van der Waals surface area contributed by atoms with E-state index < -0.39 is 0 Å². The summed E-state index contributed by atoms with van der Waals surface area (Å²) in [4.78, 5) is 4.21. The van der Waals surface area contributed by atoms with Crippen molar-refractivity contribution in [1.82, 2.24) is 10.3 Å². The molecule has 2 aliphatic carbocycles. The first kappa shape index (κ1) is 15.0. The van der Waals surface area contributed by atoms with E-state index in [9.17, 15) is 0 Å². The number of aromatic nitrogens is 1. The molecule has 0 aromatic carbocycles. The molecule has 2 heteroatoms. The lowest BCUT2D eigenvalue weighted by Gasteiger charge is -2.59. The van der Waals surface area contributed by atoms with Crippen LogP contribution < -0.4 is 5.32 Å². The first-order valence-corrected chi connectivity index (χ1v) is 8.76. The summed E-state index contributed by atoms with van der Waals surface area (Å²) in [6.45, 7) is 6.84. The molecular formula is C19H30N2. The summed E-state index contributed by atoms with van der Waals surface area (Å²) in [6, 6.07) is 4.49. The molecule has 2 saturated carbocycles. The Labute approximate surface area is 129 Å². The van der Waals surface area contributed by atoms with Gasteiger partial charge >= 0.3 is 0 Å². The van der Waals surface area contributed by atoms with Crippen molar-refractivity contribution >= 4 is 0 Å². The normalized spacial score (nSPS) is 23.2. The molecule has 0 amide bonds. The van der Waals surface area contributed by atoms with Crippen LogP contribution in [0.25, 0.3) is 0 Å². The second-order valence-electron chi connectivity index (χ2n) is 7.96. The highest BCUT2D eigenvalue weighted by atomic mass is 14.9. The molecule has 0 atom stereocenters. The quantitative estimate of drug-likeness (QED) is 0.872. The van der Waals surface area contributed by atoms with Gasteiger partial charge in [-0.25, -0.2) is 0 Å². The number of rotatable bonds is 5. The fraction of sp³-hybridized carbons (Fsp3) is 0.737. The number of pyridine rings is 1. The van der Waals surface area contributed by atoms with Crippen molar-refractivity contribution in [3.05, 3.63) is 30.1 Å². The number of hydrogen-bond acceptors (Lipinski definition) is 2. The van der Waals surface area contributed by atoms with Crippen LogP contribution in [0.2, 0.25) is 0 Å². The molecule has 0 bridgehead atoms. The summed E-state index contributed by atoms with van der Waals surface area (Å²) in [7, 11) is 0. The minimum absolute atomic E-state index is 0.370. The Morgan fingerprint density at radius 1 is 1.10 bits per heavy atom. The molecule has 1 spiro atoms.